The minimum absolute atomic E-state index is 0.175. The molecule has 0 bridgehead atoms. The summed E-state index contributed by atoms with van der Waals surface area (Å²) in [5.74, 6) is -1.14. The van der Waals surface area contributed by atoms with Gasteiger partial charge in [0.15, 0.2) is 12.1 Å². The molecule has 0 aliphatic heterocycles. The lowest BCUT2D eigenvalue weighted by Gasteiger charge is -2.09. The highest BCUT2D eigenvalue weighted by atomic mass is 19.4. The smallest absolute Gasteiger partial charge is 0.406 e. The Morgan fingerprint density at radius 2 is 1.80 bits per heavy atom. The van der Waals surface area contributed by atoms with Gasteiger partial charge in [0, 0.05) is 5.56 Å². The Morgan fingerprint density at radius 1 is 1.15 bits per heavy atom. The molecule has 0 radical (unpaired) electrons. The number of carbonyl (C=O) groups excluding carboxylic acids is 1. The molecule has 7 heteroatoms. The van der Waals surface area contributed by atoms with Crippen LogP contribution in [0.15, 0.2) is 36.5 Å². The summed E-state index contributed by atoms with van der Waals surface area (Å²) in [4.78, 5) is 14.4. The van der Waals surface area contributed by atoms with E-state index in [-0.39, 0.29) is 17.0 Å². The molecular formula is C13H7F4NO2. The lowest BCUT2D eigenvalue weighted by molar-refractivity contribution is -0.274. The lowest BCUT2D eigenvalue weighted by atomic mass is 10.1. The molecular weight excluding hydrogens is 278 g/mol. The molecule has 0 unspecified atom stereocenters. The number of rotatable bonds is 3. The van der Waals surface area contributed by atoms with Crippen molar-refractivity contribution >= 4 is 6.29 Å². The first-order chi connectivity index (χ1) is 9.39. The number of pyridine rings is 1. The van der Waals surface area contributed by atoms with E-state index in [9.17, 15) is 22.4 Å². The van der Waals surface area contributed by atoms with Crippen molar-refractivity contribution in [3.8, 4) is 17.0 Å². The molecule has 0 atom stereocenters. The predicted molar refractivity (Wildman–Crippen MR) is 61.7 cm³/mol. The molecule has 0 spiro atoms. The van der Waals surface area contributed by atoms with Crippen LogP contribution in [0.5, 0.6) is 5.75 Å². The normalized spacial score (nSPS) is 11.2. The third kappa shape index (κ3) is 3.31. The second kappa shape index (κ2) is 5.28. The highest BCUT2D eigenvalue weighted by Gasteiger charge is 2.30. The van der Waals surface area contributed by atoms with Crippen molar-refractivity contribution < 1.29 is 27.1 Å². The zero-order chi connectivity index (χ0) is 14.8. The molecule has 3 nitrogen and oxygen atoms in total. The number of benzene rings is 1. The average molecular weight is 285 g/mol. The fourth-order valence-corrected chi connectivity index (χ4v) is 1.53. The number of hydrogen-bond acceptors (Lipinski definition) is 3. The molecule has 1 aromatic heterocycles. The lowest BCUT2D eigenvalue weighted by Crippen LogP contribution is -2.16. The number of aldehydes is 1. The summed E-state index contributed by atoms with van der Waals surface area (Å²) in [6, 6.07) is 6.08. The van der Waals surface area contributed by atoms with Crippen molar-refractivity contribution in [2.45, 2.75) is 6.36 Å². The summed E-state index contributed by atoms with van der Waals surface area (Å²) in [5.41, 5.74) is 0.528. The van der Waals surface area contributed by atoms with E-state index in [1.54, 1.807) is 0 Å². The summed E-state index contributed by atoms with van der Waals surface area (Å²) in [5, 5.41) is 0. The Kier molecular flexibility index (Phi) is 3.69. The summed E-state index contributed by atoms with van der Waals surface area (Å²) in [6.07, 6.45) is -3.55. The summed E-state index contributed by atoms with van der Waals surface area (Å²) in [6.45, 7) is 0. The van der Waals surface area contributed by atoms with Crippen molar-refractivity contribution in [3.05, 3.63) is 47.9 Å². The highest BCUT2D eigenvalue weighted by molar-refractivity contribution is 5.78. The van der Waals surface area contributed by atoms with Gasteiger partial charge in [-0.25, -0.2) is 4.39 Å². The molecule has 2 rings (SSSR count). The third-order valence-corrected chi connectivity index (χ3v) is 2.40. The number of alkyl halides is 3. The van der Waals surface area contributed by atoms with Crippen LogP contribution in [0.25, 0.3) is 11.3 Å². The molecule has 0 aliphatic carbocycles. The van der Waals surface area contributed by atoms with Crippen molar-refractivity contribution in [1.29, 1.82) is 0 Å². The number of nitrogens with zero attached hydrogens (tertiary/aromatic N) is 1. The summed E-state index contributed by atoms with van der Waals surface area (Å²) < 4.78 is 52.8. The molecule has 2 aromatic rings. The van der Waals surface area contributed by atoms with Gasteiger partial charge in [-0.3, -0.25) is 9.78 Å². The average Bonchev–Trinajstić information content (AvgIpc) is 2.38. The third-order valence-electron chi connectivity index (χ3n) is 2.40. The van der Waals surface area contributed by atoms with Gasteiger partial charge in [0.1, 0.15) is 5.75 Å². The van der Waals surface area contributed by atoms with E-state index >= 15 is 0 Å². The maximum absolute atomic E-state index is 13.1. The van der Waals surface area contributed by atoms with Crippen molar-refractivity contribution in [3.63, 3.8) is 0 Å². The van der Waals surface area contributed by atoms with Crippen LogP contribution in [0.1, 0.15) is 10.4 Å². The molecule has 0 fully saturated rings. The number of halogens is 4. The van der Waals surface area contributed by atoms with Gasteiger partial charge in [-0.15, -0.1) is 13.2 Å². The van der Waals surface area contributed by atoms with Crippen molar-refractivity contribution in [2.75, 3.05) is 0 Å². The van der Waals surface area contributed by atoms with Crippen LogP contribution < -0.4 is 4.74 Å². The minimum Gasteiger partial charge on any atom is -0.406 e. The zero-order valence-electron chi connectivity index (χ0n) is 9.82. The topological polar surface area (TPSA) is 39.2 Å². The van der Waals surface area contributed by atoms with Crippen LogP contribution in [0.3, 0.4) is 0 Å². The number of carbonyl (C=O) groups is 1. The Bertz CT molecular complexity index is 623. The van der Waals surface area contributed by atoms with Crippen LogP contribution >= 0.6 is 0 Å². The van der Waals surface area contributed by atoms with Gasteiger partial charge >= 0.3 is 6.36 Å². The molecule has 0 amide bonds. The summed E-state index contributed by atoms with van der Waals surface area (Å²) >= 11 is 0. The van der Waals surface area contributed by atoms with Gasteiger partial charge < -0.3 is 4.74 Å². The van der Waals surface area contributed by atoms with E-state index in [2.05, 4.69) is 9.72 Å². The van der Waals surface area contributed by atoms with Crippen LogP contribution in [0.2, 0.25) is 0 Å². The van der Waals surface area contributed by atoms with E-state index in [1.165, 1.54) is 18.2 Å². The first-order valence-electron chi connectivity index (χ1n) is 5.36. The maximum Gasteiger partial charge on any atom is 0.573 e. The monoisotopic (exact) mass is 285 g/mol. The first kappa shape index (κ1) is 14.0. The zero-order valence-corrected chi connectivity index (χ0v) is 9.82. The second-order valence-corrected chi connectivity index (χ2v) is 3.78. The molecule has 0 N–H and O–H groups in total. The quantitative estimate of drug-likeness (QED) is 0.639. The van der Waals surface area contributed by atoms with E-state index in [0.29, 0.717) is 11.8 Å². The van der Waals surface area contributed by atoms with Gasteiger partial charge in [-0.2, -0.15) is 0 Å². The van der Waals surface area contributed by atoms with Crippen molar-refractivity contribution in [2.24, 2.45) is 0 Å². The Balaban J connectivity index is 2.28. The largest absolute Gasteiger partial charge is 0.573 e. The molecule has 0 aliphatic rings. The standard InChI is InChI=1S/C13H7F4NO2/c14-11-6-18-12(5-9(11)7-19)8-1-3-10(4-2-8)20-13(15,16)17/h1-7H. The van der Waals surface area contributed by atoms with E-state index in [0.717, 1.165) is 18.3 Å². The number of ether oxygens (including phenoxy) is 1. The van der Waals surface area contributed by atoms with Crippen molar-refractivity contribution in [1.82, 2.24) is 4.98 Å². The van der Waals surface area contributed by atoms with Crippen LogP contribution in [0, 0.1) is 5.82 Å². The fourth-order valence-electron chi connectivity index (χ4n) is 1.53. The van der Waals surface area contributed by atoms with Crippen LogP contribution in [-0.2, 0) is 0 Å². The first-order valence-corrected chi connectivity index (χ1v) is 5.36. The highest BCUT2D eigenvalue weighted by Crippen LogP contribution is 2.26. The van der Waals surface area contributed by atoms with E-state index < -0.39 is 12.2 Å². The molecule has 0 saturated heterocycles. The fraction of sp³-hybridized carbons (Fsp3) is 0.0769. The van der Waals surface area contributed by atoms with Gasteiger partial charge in [0.25, 0.3) is 0 Å². The molecule has 1 aromatic carbocycles. The van der Waals surface area contributed by atoms with Crippen LogP contribution in [-0.4, -0.2) is 17.6 Å². The summed E-state index contributed by atoms with van der Waals surface area (Å²) in [7, 11) is 0. The van der Waals surface area contributed by atoms with Gasteiger partial charge in [-0.05, 0) is 30.3 Å². The second-order valence-electron chi connectivity index (χ2n) is 3.78. The molecule has 0 saturated carbocycles. The number of aromatic nitrogens is 1. The predicted octanol–water partition coefficient (Wildman–Crippen LogP) is 3.60. The molecule has 1 heterocycles. The maximum atomic E-state index is 13.1. The molecule has 104 valence electrons. The Hall–Kier alpha value is -2.44. The van der Waals surface area contributed by atoms with Gasteiger partial charge in [0.05, 0.1) is 17.5 Å². The number of hydrogen-bond donors (Lipinski definition) is 0. The van der Waals surface area contributed by atoms with E-state index in [4.69, 9.17) is 0 Å². The minimum atomic E-state index is -4.76. The SMILES string of the molecule is O=Cc1cc(-c2ccc(OC(F)(F)F)cc2)ncc1F. The molecule has 20 heavy (non-hydrogen) atoms. The van der Waals surface area contributed by atoms with E-state index in [1.807, 2.05) is 0 Å². The Labute approximate surface area is 110 Å². The van der Waals surface area contributed by atoms with Gasteiger partial charge in [0.2, 0.25) is 0 Å². The van der Waals surface area contributed by atoms with Gasteiger partial charge in [-0.1, -0.05) is 0 Å². The van der Waals surface area contributed by atoms with Crippen LogP contribution in [0.4, 0.5) is 17.6 Å². The Morgan fingerprint density at radius 3 is 2.35 bits per heavy atom.